The van der Waals surface area contributed by atoms with E-state index in [2.05, 4.69) is 10.3 Å². The van der Waals surface area contributed by atoms with Crippen molar-refractivity contribution < 1.29 is 9.34 Å². The summed E-state index contributed by atoms with van der Waals surface area (Å²) in [4.78, 5) is 14.3. The average molecular weight is 258 g/mol. The van der Waals surface area contributed by atoms with E-state index in [1.54, 1.807) is 19.1 Å². The summed E-state index contributed by atoms with van der Waals surface area (Å²) in [7, 11) is 0. The highest BCUT2D eigenvalue weighted by molar-refractivity contribution is 5.58. The lowest BCUT2D eigenvalue weighted by atomic mass is 10.2. The van der Waals surface area contributed by atoms with Gasteiger partial charge < -0.3 is 9.73 Å². The Balaban J connectivity index is 2.30. The summed E-state index contributed by atoms with van der Waals surface area (Å²) >= 11 is 0. The minimum Gasteiger partial charge on any atom is -0.467 e. The lowest BCUT2D eigenvalue weighted by Gasteiger charge is -2.11. The minimum absolute atomic E-state index is 0.105. The van der Waals surface area contributed by atoms with Gasteiger partial charge in [0.05, 0.1) is 22.8 Å². The number of nitrogens with zero attached hydrogens (tertiary/aromatic N) is 3. The molecule has 0 saturated carbocycles. The van der Waals surface area contributed by atoms with Gasteiger partial charge >= 0.3 is 5.69 Å². The predicted octanol–water partition coefficient (Wildman–Crippen LogP) is 2.63. The highest BCUT2D eigenvalue weighted by Crippen LogP contribution is 2.26. The van der Waals surface area contributed by atoms with E-state index in [9.17, 15) is 10.1 Å². The van der Waals surface area contributed by atoms with Gasteiger partial charge in [0.25, 0.3) is 0 Å². The van der Waals surface area contributed by atoms with Crippen molar-refractivity contribution in [1.29, 1.82) is 5.26 Å². The molecule has 0 aliphatic heterocycles. The van der Waals surface area contributed by atoms with E-state index in [0.29, 0.717) is 5.76 Å². The fourth-order valence-electron chi connectivity index (χ4n) is 1.58. The molecule has 0 aromatic carbocycles. The second kappa shape index (κ2) is 5.18. The van der Waals surface area contributed by atoms with Crippen LogP contribution in [0.15, 0.2) is 35.1 Å². The van der Waals surface area contributed by atoms with Crippen LogP contribution < -0.4 is 5.32 Å². The van der Waals surface area contributed by atoms with Crippen molar-refractivity contribution in [2.24, 2.45) is 0 Å². The molecule has 2 heterocycles. The summed E-state index contributed by atoms with van der Waals surface area (Å²) in [6, 6.07) is 6.22. The first kappa shape index (κ1) is 12.6. The van der Waals surface area contributed by atoms with Gasteiger partial charge in [-0.3, -0.25) is 10.1 Å². The Morgan fingerprint density at radius 3 is 3.00 bits per heavy atom. The van der Waals surface area contributed by atoms with Crippen molar-refractivity contribution in [1.82, 2.24) is 4.98 Å². The molecule has 2 rings (SSSR count). The van der Waals surface area contributed by atoms with E-state index in [1.165, 1.54) is 18.5 Å². The van der Waals surface area contributed by atoms with Crippen LogP contribution >= 0.6 is 0 Å². The Morgan fingerprint density at radius 1 is 1.63 bits per heavy atom. The number of nitriles is 1. The molecular weight excluding hydrogens is 248 g/mol. The van der Waals surface area contributed by atoms with Crippen LogP contribution in [0.2, 0.25) is 0 Å². The third-order valence-corrected chi connectivity index (χ3v) is 2.52. The maximum Gasteiger partial charge on any atom is 0.312 e. The van der Waals surface area contributed by atoms with Crippen LogP contribution in [-0.4, -0.2) is 9.91 Å². The van der Waals surface area contributed by atoms with E-state index in [4.69, 9.17) is 9.68 Å². The molecule has 1 unspecified atom stereocenters. The molecule has 0 radical (unpaired) electrons. The van der Waals surface area contributed by atoms with Crippen LogP contribution in [0.3, 0.4) is 0 Å². The van der Waals surface area contributed by atoms with Crippen LogP contribution in [0.25, 0.3) is 0 Å². The molecule has 19 heavy (non-hydrogen) atoms. The van der Waals surface area contributed by atoms with Crippen molar-refractivity contribution in [3.05, 3.63) is 52.1 Å². The van der Waals surface area contributed by atoms with E-state index >= 15 is 0 Å². The number of nitro groups is 1. The Labute approximate surface area is 108 Å². The number of hydrogen-bond acceptors (Lipinski definition) is 6. The molecule has 0 amide bonds. The first-order chi connectivity index (χ1) is 9.11. The molecule has 0 aliphatic rings. The van der Waals surface area contributed by atoms with Gasteiger partial charge in [-0.1, -0.05) is 0 Å². The van der Waals surface area contributed by atoms with Crippen molar-refractivity contribution in [2.75, 3.05) is 5.32 Å². The number of rotatable bonds is 4. The molecule has 2 aromatic heterocycles. The van der Waals surface area contributed by atoms with E-state index < -0.39 is 4.92 Å². The molecule has 2 aromatic rings. The molecule has 7 nitrogen and oxygen atoms in total. The first-order valence-electron chi connectivity index (χ1n) is 5.46. The summed E-state index contributed by atoms with van der Waals surface area (Å²) in [5, 5.41) is 22.6. The molecule has 0 aliphatic carbocycles. The number of aromatic nitrogens is 1. The lowest BCUT2D eigenvalue weighted by Crippen LogP contribution is -2.09. The lowest BCUT2D eigenvalue weighted by molar-refractivity contribution is -0.384. The summed E-state index contributed by atoms with van der Waals surface area (Å²) in [6.07, 6.45) is 2.80. The van der Waals surface area contributed by atoms with Crippen LogP contribution in [-0.2, 0) is 0 Å². The average Bonchev–Trinajstić information content (AvgIpc) is 2.92. The maximum absolute atomic E-state index is 11.0. The Morgan fingerprint density at radius 2 is 2.42 bits per heavy atom. The fraction of sp³-hybridized carbons (Fsp3) is 0.167. The van der Waals surface area contributed by atoms with Crippen molar-refractivity contribution >= 4 is 11.5 Å². The maximum atomic E-state index is 11.0. The number of anilines is 1. The fourth-order valence-corrected chi connectivity index (χ4v) is 1.58. The van der Waals surface area contributed by atoms with Crippen molar-refractivity contribution in [3.8, 4) is 6.07 Å². The van der Waals surface area contributed by atoms with Crippen LogP contribution in [0.1, 0.15) is 24.3 Å². The van der Waals surface area contributed by atoms with Gasteiger partial charge in [-0.15, -0.1) is 0 Å². The smallest absolute Gasteiger partial charge is 0.312 e. The highest BCUT2D eigenvalue weighted by atomic mass is 16.6. The quantitative estimate of drug-likeness (QED) is 0.667. The summed E-state index contributed by atoms with van der Waals surface area (Å²) in [6.45, 7) is 1.79. The van der Waals surface area contributed by atoms with E-state index in [-0.39, 0.29) is 23.1 Å². The van der Waals surface area contributed by atoms with Crippen molar-refractivity contribution in [2.45, 2.75) is 13.0 Å². The topological polar surface area (TPSA) is 105 Å². The summed E-state index contributed by atoms with van der Waals surface area (Å²) in [5.41, 5.74) is -0.0969. The SMILES string of the molecule is CC(Nc1ncc(C#N)cc1[N+](=O)[O-])c1ccco1. The van der Waals surface area contributed by atoms with Gasteiger partial charge in [0, 0.05) is 12.3 Å². The zero-order chi connectivity index (χ0) is 13.8. The molecule has 1 atom stereocenters. The molecule has 0 spiro atoms. The zero-order valence-corrected chi connectivity index (χ0v) is 10.0. The first-order valence-corrected chi connectivity index (χ1v) is 5.46. The highest BCUT2D eigenvalue weighted by Gasteiger charge is 2.19. The number of furan rings is 1. The van der Waals surface area contributed by atoms with Gasteiger partial charge in [-0.05, 0) is 19.1 Å². The Kier molecular flexibility index (Phi) is 3.43. The third kappa shape index (κ3) is 2.69. The third-order valence-electron chi connectivity index (χ3n) is 2.52. The van der Waals surface area contributed by atoms with E-state index in [1.807, 2.05) is 6.07 Å². The Bertz CT molecular complexity index is 631. The minimum atomic E-state index is -0.578. The molecule has 96 valence electrons. The van der Waals surface area contributed by atoms with Crippen LogP contribution in [0.4, 0.5) is 11.5 Å². The molecule has 0 saturated heterocycles. The molecule has 0 bridgehead atoms. The van der Waals surface area contributed by atoms with Gasteiger partial charge in [-0.25, -0.2) is 4.98 Å². The van der Waals surface area contributed by atoms with E-state index in [0.717, 1.165) is 0 Å². The zero-order valence-electron chi connectivity index (χ0n) is 10.0. The number of hydrogen-bond donors (Lipinski definition) is 1. The molecule has 7 heteroatoms. The molecule has 0 fully saturated rings. The number of pyridine rings is 1. The predicted molar refractivity (Wildman–Crippen MR) is 66.4 cm³/mol. The van der Waals surface area contributed by atoms with Gasteiger partial charge in [0.2, 0.25) is 5.82 Å². The van der Waals surface area contributed by atoms with Gasteiger partial charge in [0.15, 0.2) is 0 Å². The van der Waals surface area contributed by atoms with Crippen LogP contribution in [0.5, 0.6) is 0 Å². The Hall–Kier alpha value is -2.88. The summed E-state index contributed by atoms with van der Waals surface area (Å²) < 4.78 is 5.20. The van der Waals surface area contributed by atoms with Crippen LogP contribution in [0, 0.1) is 21.4 Å². The normalized spacial score (nSPS) is 11.6. The molecular formula is C12H10N4O3. The standard InChI is InChI=1S/C12H10N4O3/c1-8(11-3-2-4-19-11)15-12-10(16(17)18)5-9(6-13)7-14-12/h2-5,7-8H,1H3,(H,14,15). The second-order valence-corrected chi connectivity index (χ2v) is 3.84. The number of nitrogens with one attached hydrogen (secondary N) is 1. The monoisotopic (exact) mass is 258 g/mol. The second-order valence-electron chi connectivity index (χ2n) is 3.84. The largest absolute Gasteiger partial charge is 0.467 e. The van der Waals surface area contributed by atoms with Gasteiger partial charge in [-0.2, -0.15) is 5.26 Å². The summed E-state index contributed by atoms with van der Waals surface area (Å²) in [5.74, 6) is 0.744. The van der Waals surface area contributed by atoms with Gasteiger partial charge in [0.1, 0.15) is 11.8 Å². The van der Waals surface area contributed by atoms with Crippen molar-refractivity contribution in [3.63, 3.8) is 0 Å². The molecule has 1 N–H and O–H groups in total.